The second-order valence-corrected chi connectivity index (χ2v) is 10.4. The number of nitrogens with one attached hydrogen (secondary N) is 2. The van der Waals surface area contributed by atoms with Gasteiger partial charge >= 0.3 is 0 Å². The van der Waals surface area contributed by atoms with Crippen LogP contribution in [0.1, 0.15) is 32.7 Å². The SMILES string of the molecule is O=C(NCCCN1CCOCC1)c1ccc2c(c1)N(NCc1ccccc1)C(=O)c1ccccc1S2=O. The van der Waals surface area contributed by atoms with Crippen LogP contribution in [0.3, 0.4) is 0 Å². The number of benzene rings is 3. The van der Waals surface area contributed by atoms with Crippen molar-refractivity contribution in [2.75, 3.05) is 44.4 Å². The zero-order chi connectivity index (χ0) is 25.6. The smallest absolute Gasteiger partial charge is 0.273 e. The van der Waals surface area contributed by atoms with Crippen LogP contribution in [0.2, 0.25) is 0 Å². The standard InChI is InChI=1S/C28H30N4O4S/c33-27(29-13-6-14-31-15-17-36-18-16-31)22-11-12-26-24(19-22)32(30-20-21-7-2-1-3-8-21)28(34)23-9-4-5-10-25(23)37(26)35/h1-5,7-12,19,30H,6,13-18,20H2,(H,29,33). The molecule has 192 valence electrons. The fourth-order valence-electron chi connectivity index (χ4n) is 4.50. The average Bonchev–Trinajstić information content (AvgIpc) is 3.03. The molecular weight excluding hydrogens is 488 g/mol. The number of morpholine rings is 1. The summed E-state index contributed by atoms with van der Waals surface area (Å²) in [6, 6.07) is 21.6. The van der Waals surface area contributed by atoms with Crippen LogP contribution in [0.4, 0.5) is 5.69 Å². The summed E-state index contributed by atoms with van der Waals surface area (Å²) >= 11 is 0. The van der Waals surface area contributed by atoms with E-state index in [1.165, 1.54) is 5.01 Å². The van der Waals surface area contributed by atoms with E-state index in [4.69, 9.17) is 4.74 Å². The molecule has 2 aliphatic rings. The molecule has 2 amide bonds. The topological polar surface area (TPSA) is 91.0 Å². The van der Waals surface area contributed by atoms with Crippen LogP contribution < -0.4 is 15.8 Å². The van der Waals surface area contributed by atoms with E-state index in [2.05, 4.69) is 15.6 Å². The number of nitrogens with zero attached hydrogens (tertiary/aromatic N) is 2. The molecule has 1 unspecified atom stereocenters. The fraction of sp³-hybridized carbons (Fsp3) is 0.286. The number of carbonyl (C=O) groups is 2. The molecule has 0 saturated carbocycles. The lowest BCUT2D eigenvalue weighted by atomic mass is 10.1. The highest BCUT2D eigenvalue weighted by Gasteiger charge is 2.31. The Labute approximate surface area is 219 Å². The van der Waals surface area contributed by atoms with Crippen LogP contribution in [-0.2, 0) is 22.1 Å². The zero-order valence-electron chi connectivity index (χ0n) is 20.5. The minimum absolute atomic E-state index is 0.229. The van der Waals surface area contributed by atoms with Crippen LogP contribution in [0.25, 0.3) is 0 Å². The second-order valence-electron chi connectivity index (χ2n) is 8.97. The van der Waals surface area contributed by atoms with Gasteiger partial charge < -0.3 is 10.1 Å². The van der Waals surface area contributed by atoms with Gasteiger partial charge in [0.25, 0.3) is 11.8 Å². The van der Waals surface area contributed by atoms with E-state index >= 15 is 0 Å². The molecule has 2 heterocycles. The van der Waals surface area contributed by atoms with Gasteiger partial charge in [-0.25, -0.2) is 14.6 Å². The lowest BCUT2D eigenvalue weighted by molar-refractivity contribution is 0.0374. The number of fused-ring (bicyclic) bond motifs is 2. The van der Waals surface area contributed by atoms with Gasteiger partial charge in [0.1, 0.15) is 0 Å². The minimum atomic E-state index is -1.58. The molecule has 2 N–H and O–H groups in total. The molecule has 0 bridgehead atoms. The molecular formula is C28H30N4O4S. The number of ether oxygens (including phenoxy) is 1. The van der Waals surface area contributed by atoms with Crippen LogP contribution >= 0.6 is 0 Å². The lowest BCUT2D eigenvalue weighted by Crippen LogP contribution is -2.43. The van der Waals surface area contributed by atoms with Gasteiger partial charge in [0.15, 0.2) is 0 Å². The maximum atomic E-state index is 13.6. The summed E-state index contributed by atoms with van der Waals surface area (Å²) in [4.78, 5) is 29.9. The summed E-state index contributed by atoms with van der Waals surface area (Å²) < 4.78 is 18.9. The number of anilines is 1. The Hall–Kier alpha value is -3.37. The van der Waals surface area contributed by atoms with Crippen molar-refractivity contribution < 1.29 is 18.5 Å². The first-order chi connectivity index (χ1) is 18.1. The van der Waals surface area contributed by atoms with Gasteiger partial charge in [-0.3, -0.25) is 14.5 Å². The highest BCUT2D eigenvalue weighted by atomic mass is 32.2. The highest BCUT2D eigenvalue weighted by Crippen LogP contribution is 2.34. The van der Waals surface area contributed by atoms with Gasteiger partial charge in [-0.05, 0) is 48.9 Å². The lowest BCUT2D eigenvalue weighted by Gasteiger charge is -2.26. The van der Waals surface area contributed by atoms with E-state index in [0.717, 1.165) is 44.8 Å². The normalized spacial score (nSPS) is 17.6. The molecule has 1 atom stereocenters. The molecule has 8 nitrogen and oxygen atoms in total. The summed E-state index contributed by atoms with van der Waals surface area (Å²) in [7, 11) is -1.58. The average molecular weight is 519 g/mol. The first kappa shape index (κ1) is 25.3. The number of hydrazine groups is 1. The Kier molecular flexibility index (Phi) is 8.05. The van der Waals surface area contributed by atoms with Crippen LogP contribution in [0.15, 0.2) is 82.6 Å². The molecule has 9 heteroatoms. The predicted octanol–water partition coefficient (Wildman–Crippen LogP) is 2.97. The maximum Gasteiger partial charge on any atom is 0.273 e. The van der Waals surface area contributed by atoms with E-state index in [0.29, 0.717) is 39.7 Å². The Morgan fingerprint density at radius 3 is 2.51 bits per heavy atom. The van der Waals surface area contributed by atoms with Crippen molar-refractivity contribution in [3.63, 3.8) is 0 Å². The number of rotatable bonds is 8. The molecule has 0 radical (unpaired) electrons. The maximum absolute atomic E-state index is 13.6. The van der Waals surface area contributed by atoms with Crippen molar-refractivity contribution in [2.24, 2.45) is 0 Å². The molecule has 2 aliphatic heterocycles. The van der Waals surface area contributed by atoms with Gasteiger partial charge in [-0.2, -0.15) is 0 Å². The van der Waals surface area contributed by atoms with Gasteiger partial charge in [0.05, 0.1) is 45.1 Å². The van der Waals surface area contributed by atoms with Crippen molar-refractivity contribution in [2.45, 2.75) is 22.8 Å². The fourth-order valence-corrected chi connectivity index (χ4v) is 5.82. The number of hydrogen-bond acceptors (Lipinski definition) is 6. The second kappa shape index (κ2) is 11.8. The van der Waals surface area contributed by atoms with E-state index < -0.39 is 10.8 Å². The van der Waals surface area contributed by atoms with Crippen LogP contribution in [0.5, 0.6) is 0 Å². The van der Waals surface area contributed by atoms with Gasteiger partial charge in [-0.1, -0.05) is 42.5 Å². The summed E-state index contributed by atoms with van der Waals surface area (Å²) in [5, 5.41) is 4.39. The largest absolute Gasteiger partial charge is 0.379 e. The van der Waals surface area contributed by atoms with Gasteiger partial charge in [-0.15, -0.1) is 0 Å². The third-order valence-corrected chi connectivity index (χ3v) is 8.01. The summed E-state index contributed by atoms with van der Waals surface area (Å²) in [6.07, 6.45) is 0.833. The molecule has 0 aliphatic carbocycles. The monoisotopic (exact) mass is 518 g/mol. The zero-order valence-corrected chi connectivity index (χ0v) is 21.3. The number of amides is 2. The first-order valence-corrected chi connectivity index (χ1v) is 13.6. The predicted molar refractivity (Wildman–Crippen MR) is 142 cm³/mol. The molecule has 37 heavy (non-hydrogen) atoms. The highest BCUT2D eigenvalue weighted by molar-refractivity contribution is 7.85. The molecule has 1 saturated heterocycles. The van der Waals surface area contributed by atoms with Crippen molar-refractivity contribution in [3.05, 3.63) is 89.5 Å². The minimum Gasteiger partial charge on any atom is -0.379 e. The number of carbonyl (C=O) groups excluding carboxylic acids is 2. The van der Waals surface area contributed by atoms with Gasteiger partial charge in [0.2, 0.25) is 0 Å². The van der Waals surface area contributed by atoms with Crippen molar-refractivity contribution >= 4 is 28.3 Å². The first-order valence-electron chi connectivity index (χ1n) is 12.5. The summed E-state index contributed by atoms with van der Waals surface area (Å²) in [6.45, 7) is 5.16. The molecule has 5 rings (SSSR count). The molecule has 0 spiro atoms. The molecule has 3 aromatic carbocycles. The van der Waals surface area contributed by atoms with Gasteiger partial charge in [0, 0.05) is 31.7 Å². The van der Waals surface area contributed by atoms with E-state index in [1.54, 1.807) is 42.5 Å². The van der Waals surface area contributed by atoms with E-state index in [-0.39, 0.29) is 11.8 Å². The Morgan fingerprint density at radius 2 is 1.70 bits per heavy atom. The summed E-state index contributed by atoms with van der Waals surface area (Å²) in [5.41, 5.74) is 5.38. The van der Waals surface area contributed by atoms with Crippen molar-refractivity contribution in [1.29, 1.82) is 0 Å². The van der Waals surface area contributed by atoms with E-state index in [1.807, 2.05) is 30.3 Å². The third-order valence-electron chi connectivity index (χ3n) is 6.51. The molecule has 3 aromatic rings. The Bertz CT molecular complexity index is 1290. The number of hydrogen-bond donors (Lipinski definition) is 2. The third kappa shape index (κ3) is 5.80. The molecule has 0 aromatic heterocycles. The Balaban J connectivity index is 1.37. The van der Waals surface area contributed by atoms with Crippen LogP contribution in [0, 0.1) is 0 Å². The van der Waals surface area contributed by atoms with E-state index in [9.17, 15) is 13.8 Å². The summed E-state index contributed by atoms with van der Waals surface area (Å²) in [5.74, 6) is -0.547. The van der Waals surface area contributed by atoms with Crippen molar-refractivity contribution in [1.82, 2.24) is 15.6 Å². The Morgan fingerprint density at radius 1 is 0.946 bits per heavy atom. The quantitative estimate of drug-likeness (QED) is 0.446. The van der Waals surface area contributed by atoms with Crippen LogP contribution in [-0.4, -0.2) is 60.3 Å². The van der Waals surface area contributed by atoms with Crippen molar-refractivity contribution in [3.8, 4) is 0 Å². The molecule has 1 fully saturated rings.